The van der Waals surface area contributed by atoms with Gasteiger partial charge in [-0.1, -0.05) is 39.0 Å². The number of benzene rings is 2. The van der Waals surface area contributed by atoms with Crippen LogP contribution < -0.4 is 5.32 Å². The minimum atomic E-state index is -0.526. The molecular formula is C27H33N5O5. The van der Waals surface area contributed by atoms with Crippen molar-refractivity contribution in [3.63, 3.8) is 0 Å². The third kappa shape index (κ3) is 7.01. The molecular weight excluding hydrogens is 474 g/mol. The second-order valence-corrected chi connectivity index (χ2v) is 9.79. The van der Waals surface area contributed by atoms with Crippen molar-refractivity contribution >= 4 is 23.3 Å². The normalized spacial score (nSPS) is 11.3. The molecule has 2 amide bonds. The van der Waals surface area contributed by atoms with Gasteiger partial charge >= 0.3 is 0 Å². The van der Waals surface area contributed by atoms with E-state index in [1.54, 1.807) is 11.8 Å². The molecule has 37 heavy (non-hydrogen) atoms. The van der Waals surface area contributed by atoms with Gasteiger partial charge in [0, 0.05) is 49.4 Å². The fourth-order valence-corrected chi connectivity index (χ4v) is 3.74. The van der Waals surface area contributed by atoms with Crippen LogP contribution in [0, 0.1) is 17.0 Å². The van der Waals surface area contributed by atoms with Gasteiger partial charge in [-0.2, -0.15) is 5.10 Å². The minimum absolute atomic E-state index is 0.112. The standard InChI is InChI=1S/C27H33N5O5/c1-19-9-6-7-10-22(19)31-24(17-23(29-31)27(2,3)4)28-25(33)18-30(15-8-16-37-5)26(34)20-11-13-21(14-12-20)32(35)36/h6-7,9-14,17H,8,15-16,18H2,1-5H3,(H,28,33). The maximum absolute atomic E-state index is 13.2. The molecule has 3 rings (SSSR count). The van der Waals surface area contributed by atoms with Crippen LogP contribution in [0.1, 0.15) is 48.8 Å². The number of rotatable bonds is 10. The smallest absolute Gasteiger partial charge is 0.269 e. The average molecular weight is 508 g/mol. The van der Waals surface area contributed by atoms with Gasteiger partial charge in [0.05, 0.1) is 16.3 Å². The zero-order valence-corrected chi connectivity index (χ0v) is 21.9. The number of carbonyl (C=O) groups excluding carboxylic acids is 2. The van der Waals surface area contributed by atoms with Gasteiger partial charge in [0.15, 0.2) is 0 Å². The number of amides is 2. The zero-order valence-electron chi connectivity index (χ0n) is 21.9. The number of methoxy groups -OCH3 is 1. The maximum Gasteiger partial charge on any atom is 0.269 e. The first-order valence-corrected chi connectivity index (χ1v) is 12.0. The Bertz CT molecular complexity index is 1260. The molecule has 2 aromatic carbocycles. The van der Waals surface area contributed by atoms with Crippen molar-refractivity contribution in [2.45, 2.75) is 39.5 Å². The highest BCUT2D eigenvalue weighted by atomic mass is 16.6. The molecule has 196 valence electrons. The van der Waals surface area contributed by atoms with Crippen LogP contribution in [0.15, 0.2) is 54.6 Å². The van der Waals surface area contributed by atoms with Crippen molar-refractivity contribution < 1.29 is 19.2 Å². The number of nitrogens with zero attached hydrogens (tertiary/aromatic N) is 4. The summed E-state index contributed by atoms with van der Waals surface area (Å²) in [7, 11) is 1.56. The van der Waals surface area contributed by atoms with Crippen molar-refractivity contribution in [1.82, 2.24) is 14.7 Å². The third-order valence-corrected chi connectivity index (χ3v) is 5.81. The van der Waals surface area contributed by atoms with Crippen LogP contribution in [-0.2, 0) is 14.9 Å². The fourth-order valence-electron chi connectivity index (χ4n) is 3.74. The molecule has 0 aliphatic carbocycles. The highest BCUT2D eigenvalue weighted by Gasteiger charge is 2.24. The first-order chi connectivity index (χ1) is 17.5. The number of non-ortho nitro benzene ring substituents is 1. The number of nitro benzene ring substituents is 1. The first-order valence-electron chi connectivity index (χ1n) is 12.0. The van der Waals surface area contributed by atoms with Crippen molar-refractivity contribution in [2.75, 3.05) is 32.1 Å². The summed E-state index contributed by atoms with van der Waals surface area (Å²) in [5.41, 5.74) is 2.55. The van der Waals surface area contributed by atoms with Gasteiger partial charge in [0.25, 0.3) is 11.6 Å². The Kier molecular flexibility index (Phi) is 8.77. The minimum Gasteiger partial charge on any atom is -0.385 e. The van der Waals surface area contributed by atoms with E-state index in [-0.39, 0.29) is 35.7 Å². The third-order valence-electron chi connectivity index (χ3n) is 5.81. The summed E-state index contributed by atoms with van der Waals surface area (Å²) in [5.74, 6) is -0.282. The molecule has 1 heterocycles. The van der Waals surface area contributed by atoms with Crippen LogP contribution in [0.3, 0.4) is 0 Å². The molecule has 0 atom stereocenters. The van der Waals surface area contributed by atoms with Crippen molar-refractivity contribution in [3.05, 3.63) is 81.5 Å². The molecule has 0 spiro atoms. The van der Waals surface area contributed by atoms with Gasteiger partial charge in [-0.15, -0.1) is 0 Å². The van der Waals surface area contributed by atoms with E-state index in [1.165, 1.54) is 29.2 Å². The second kappa shape index (κ2) is 11.8. The number of anilines is 1. The van der Waals surface area contributed by atoms with Gasteiger partial charge < -0.3 is 15.0 Å². The maximum atomic E-state index is 13.2. The Balaban J connectivity index is 1.86. The first kappa shape index (κ1) is 27.5. The van der Waals surface area contributed by atoms with Crippen LogP contribution in [0.4, 0.5) is 11.5 Å². The number of nitrogens with one attached hydrogen (secondary N) is 1. The van der Waals surface area contributed by atoms with E-state index < -0.39 is 10.8 Å². The SMILES string of the molecule is COCCCN(CC(=O)Nc1cc(C(C)(C)C)nn1-c1ccccc1C)C(=O)c1ccc([N+](=O)[O-])cc1. The van der Waals surface area contributed by atoms with E-state index in [4.69, 9.17) is 9.84 Å². The number of aryl methyl sites for hydroxylation is 1. The number of hydrogen-bond donors (Lipinski definition) is 1. The van der Waals surface area contributed by atoms with Gasteiger partial charge in [-0.05, 0) is 37.1 Å². The molecule has 1 N–H and O–H groups in total. The topological polar surface area (TPSA) is 120 Å². The molecule has 3 aromatic rings. The number of carbonyl (C=O) groups is 2. The summed E-state index contributed by atoms with van der Waals surface area (Å²) < 4.78 is 6.82. The fraction of sp³-hybridized carbons (Fsp3) is 0.370. The molecule has 0 saturated carbocycles. The van der Waals surface area contributed by atoms with E-state index in [9.17, 15) is 19.7 Å². The Morgan fingerprint density at radius 2 is 1.81 bits per heavy atom. The molecule has 10 heteroatoms. The molecule has 10 nitrogen and oxygen atoms in total. The number of nitro groups is 1. The van der Waals surface area contributed by atoms with Crippen molar-refractivity contribution in [2.24, 2.45) is 0 Å². The molecule has 0 radical (unpaired) electrons. The number of para-hydroxylation sites is 1. The Morgan fingerprint density at radius 1 is 1.14 bits per heavy atom. The quantitative estimate of drug-likeness (QED) is 0.245. The monoisotopic (exact) mass is 507 g/mol. The van der Waals surface area contributed by atoms with Crippen LogP contribution in [-0.4, -0.2) is 58.2 Å². The summed E-state index contributed by atoms with van der Waals surface area (Å²) in [4.78, 5) is 38.2. The summed E-state index contributed by atoms with van der Waals surface area (Å²) >= 11 is 0. The largest absolute Gasteiger partial charge is 0.385 e. The van der Waals surface area contributed by atoms with Crippen LogP contribution >= 0.6 is 0 Å². The molecule has 0 aliphatic heterocycles. The van der Waals surface area contributed by atoms with E-state index in [0.717, 1.165) is 16.9 Å². The average Bonchev–Trinajstić information content (AvgIpc) is 3.27. The summed E-state index contributed by atoms with van der Waals surface area (Å²) in [6.07, 6.45) is 0.526. The van der Waals surface area contributed by atoms with E-state index in [2.05, 4.69) is 5.32 Å². The van der Waals surface area contributed by atoms with Crippen LogP contribution in [0.2, 0.25) is 0 Å². The molecule has 0 unspecified atom stereocenters. The van der Waals surface area contributed by atoms with Crippen molar-refractivity contribution in [1.29, 1.82) is 0 Å². The lowest BCUT2D eigenvalue weighted by molar-refractivity contribution is -0.384. The second-order valence-electron chi connectivity index (χ2n) is 9.79. The summed E-state index contributed by atoms with van der Waals surface area (Å²) in [6, 6.07) is 14.9. The van der Waals surface area contributed by atoms with Crippen LogP contribution in [0.25, 0.3) is 5.69 Å². The number of ether oxygens (including phenoxy) is 1. The van der Waals surface area contributed by atoms with Gasteiger partial charge in [0.1, 0.15) is 12.4 Å². The van der Waals surface area contributed by atoms with Crippen molar-refractivity contribution in [3.8, 4) is 5.69 Å². The molecule has 0 saturated heterocycles. The van der Waals surface area contributed by atoms with E-state index in [1.807, 2.05) is 58.0 Å². The number of aromatic nitrogens is 2. The molecule has 0 fully saturated rings. The number of hydrogen-bond acceptors (Lipinski definition) is 6. The van der Waals surface area contributed by atoms with Gasteiger partial charge in [-0.3, -0.25) is 19.7 Å². The van der Waals surface area contributed by atoms with E-state index >= 15 is 0 Å². The van der Waals surface area contributed by atoms with Gasteiger partial charge in [0.2, 0.25) is 5.91 Å². The molecule has 0 aliphatic rings. The summed E-state index contributed by atoms with van der Waals surface area (Å²) in [5, 5.41) is 18.6. The van der Waals surface area contributed by atoms with Crippen LogP contribution in [0.5, 0.6) is 0 Å². The van der Waals surface area contributed by atoms with E-state index in [0.29, 0.717) is 18.8 Å². The molecule has 0 bridgehead atoms. The Morgan fingerprint density at radius 3 is 2.41 bits per heavy atom. The molecule has 1 aromatic heterocycles. The lowest BCUT2D eigenvalue weighted by atomic mass is 9.92. The highest BCUT2D eigenvalue weighted by molar-refractivity contribution is 5.99. The predicted molar refractivity (Wildman–Crippen MR) is 141 cm³/mol. The summed E-state index contributed by atoms with van der Waals surface area (Å²) in [6.45, 7) is 8.60. The predicted octanol–water partition coefficient (Wildman–Crippen LogP) is 4.50. The Hall–Kier alpha value is -4.05. The van der Waals surface area contributed by atoms with Gasteiger partial charge in [-0.25, -0.2) is 4.68 Å². The lowest BCUT2D eigenvalue weighted by Gasteiger charge is -2.22. The lowest BCUT2D eigenvalue weighted by Crippen LogP contribution is -2.39. The zero-order chi connectivity index (χ0) is 27.2. The highest BCUT2D eigenvalue weighted by Crippen LogP contribution is 2.27. The Labute approximate surface area is 216 Å².